The van der Waals surface area contributed by atoms with Crippen LogP contribution in [0.3, 0.4) is 0 Å². The highest BCUT2D eigenvalue weighted by Crippen LogP contribution is 2.27. The molecule has 0 aliphatic carbocycles. The summed E-state index contributed by atoms with van der Waals surface area (Å²) in [5.74, 6) is 2.63. The normalized spacial score (nSPS) is 32.1. The van der Waals surface area contributed by atoms with Crippen molar-refractivity contribution in [3.63, 3.8) is 0 Å². The largest absolute Gasteiger partial charge is 0.387 e. The first kappa shape index (κ1) is 15.1. The molecule has 2 heterocycles. The van der Waals surface area contributed by atoms with E-state index in [9.17, 15) is 9.90 Å². The zero-order valence-electron chi connectivity index (χ0n) is 12.0. The van der Waals surface area contributed by atoms with Gasteiger partial charge in [0, 0.05) is 25.4 Å². The smallest absolute Gasteiger partial charge is 0.224 e. The lowest BCUT2D eigenvalue weighted by atomic mass is 10.0. The standard InChI is InChI=1S/C14H26N2O2S/c1-11(2)7-16-5-3-12(8-16)13(17)15-9-14(18)4-6-19-10-14/h11-12,18H,3-10H2,1-2H3,(H,15,17). The van der Waals surface area contributed by atoms with Crippen molar-refractivity contribution in [1.82, 2.24) is 10.2 Å². The van der Waals surface area contributed by atoms with Gasteiger partial charge in [0.25, 0.3) is 0 Å². The van der Waals surface area contributed by atoms with Crippen LogP contribution in [0.2, 0.25) is 0 Å². The van der Waals surface area contributed by atoms with Crippen LogP contribution in [0.1, 0.15) is 26.7 Å². The molecule has 1 amide bonds. The summed E-state index contributed by atoms with van der Waals surface area (Å²) in [5, 5.41) is 13.2. The second-order valence-corrected chi connectivity index (χ2v) is 7.49. The van der Waals surface area contributed by atoms with E-state index < -0.39 is 5.60 Å². The third kappa shape index (κ3) is 4.36. The molecule has 0 aromatic carbocycles. The molecule has 0 saturated carbocycles. The van der Waals surface area contributed by atoms with Crippen LogP contribution in [-0.4, -0.2) is 59.2 Å². The van der Waals surface area contributed by atoms with E-state index >= 15 is 0 Å². The maximum Gasteiger partial charge on any atom is 0.224 e. The number of thioether (sulfide) groups is 1. The predicted octanol–water partition coefficient (Wildman–Crippen LogP) is 0.948. The number of aliphatic hydroxyl groups is 1. The number of nitrogens with zero attached hydrogens (tertiary/aromatic N) is 1. The Labute approximate surface area is 120 Å². The lowest BCUT2D eigenvalue weighted by molar-refractivity contribution is -0.125. The SMILES string of the molecule is CC(C)CN1CCC(C(=O)NCC2(O)CCSC2)C1. The van der Waals surface area contributed by atoms with Crippen LogP contribution in [-0.2, 0) is 4.79 Å². The number of hydrogen-bond donors (Lipinski definition) is 2. The van der Waals surface area contributed by atoms with Crippen molar-refractivity contribution in [2.45, 2.75) is 32.3 Å². The summed E-state index contributed by atoms with van der Waals surface area (Å²) < 4.78 is 0. The fourth-order valence-electron chi connectivity index (χ4n) is 2.86. The molecule has 2 rings (SSSR count). The number of carbonyl (C=O) groups excluding carboxylic acids is 1. The summed E-state index contributed by atoms with van der Waals surface area (Å²) in [6.07, 6.45) is 1.74. The van der Waals surface area contributed by atoms with Gasteiger partial charge in [-0.1, -0.05) is 13.8 Å². The summed E-state index contributed by atoms with van der Waals surface area (Å²) in [7, 11) is 0. The highest BCUT2D eigenvalue weighted by molar-refractivity contribution is 7.99. The molecule has 0 bridgehead atoms. The lowest BCUT2D eigenvalue weighted by Gasteiger charge is -2.23. The van der Waals surface area contributed by atoms with Gasteiger partial charge >= 0.3 is 0 Å². The Kier molecular flexibility index (Phi) is 5.15. The molecule has 2 aliphatic rings. The number of nitrogens with one attached hydrogen (secondary N) is 1. The molecular weight excluding hydrogens is 260 g/mol. The highest BCUT2D eigenvalue weighted by Gasteiger charge is 2.34. The first-order valence-corrected chi connectivity index (χ1v) is 8.44. The third-order valence-corrected chi connectivity index (χ3v) is 5.17. The van der Waals surface area contributed by atoms with Gasteiger partial charge < -0.3 is 15.3 Å². The molecule has 0 spiro atoms. The van der Waals surface area contributed by atoms with E-state index in [1.54, 1.807) is 11.8 Å². The molecular formula is C14H26N2O2S. The van der Waals surface area contributed by atoms with Crippen molar-refractivity contribution in [2.24, 2.45) is 11.8 Å². The van der Waals surface area contributed by atoms with E-state index in [-0.39, 0.29) is 11.8 Å². The summed E-state index contributed by atoms with van der Waals surface area (Å²) in [6.45, 7) is 7.80. The molecule has 2 aliphatic heterocycles. The van der Waals surface area contributed by atoms with E-state index in [1.165, 1.54) is 0 Å². The van der Waals surface area contributed by atoms with Gasteiger partial charge in [-0.2, -0.15) is 11.8 Å². The van der Waals surface area contributed by atoms with Crippen LogP contribution in [0.15, 0.2) is 0 Å². The fourth-order valence-corrected chi connectivity index (χ4v) is 4.16. The minimum atomic E-state index is -0.670. The van der Waals surface area contributed by atoms with Crippen molar-refractivity contribution in [3.05, 3.63) is 0 Å². The zero-order valence-corrected chi connectivity index (χ0v) is 12.8. The Balaban J connectivity index is 1.72. The second-order valence-electron chi connectivity index (χ2n) is 6.38. The molecule has 2 N–H and O–H groups in total. The van der Waals surface area contributed by atoms with Gasteiger partial charge in [-0.15, -0.1) is 0 Å². The van der Waals surface area contributed by atoms with Crippen LogP contribution in [0.5, 0.6) is 0 Å². The molecule has 5 heteroatoms. The van der Waals surface area contributed by atoms with E-state index in [1.807, 2.05) is 0 Å². The van der Waals surface area contributed by atoms with Gasteiger partial charge in [-0.25, -0.2) is 0 Å². The van der Waals surface area contributed by atoms with Crippen LogP contribution >= 0.6 is 11.8 Å². The molecule has 2 fully saturated rings. The second kappa shape index (κ2) is 6.46. The number of rotatable bonds is 5. The fraction of sp³-hybridized carbons (Fsp3) is 0.929. The molecule has 19 heavy (non-hydrogen) atoms. The lowest BCUT2D eigenvalue weighted by Crippen LogP contribution is -2.45. The topological polar surface area (TPSA) is 52.6 Å². The van der Waals surface area contributed by atoms with Gasteiger partial charge in [-0.05, 0) is 31.1 Å². The van der Waals surface area contributed by atoms with Crippen molar-refractivity contribution in [2.75, 3.05) is 37.7 Å². The van der Waals surface area contributed by atoms with E-state index in [0.29, 0.717) is 12.5 Å². The van der Waals surface area contributed by atoms with Gasteiger partial charge in [0.15, 0.2) is 0 Å². The molecule has 0 aromatic heterocycles. The molecule has 4 nitrogen and oxygen atoms in total. The predicted molar refractivity (Wildman–Crippen MR) is 79.3 cm³/mol. The molecule has 0 radical (unpaired) electrons. The molecule has 0 aromatic rings. The number of amides is 1. The minimum Gasteiger partial charge on any atom is -0.387 e. The monoisotopic (exact) mass is 286 g/mol. The van der Waals surface area contributed by atoms with E-state index in [2.05, 4.69) is 24.1 Å². The van der Waals surface area contributed by atoms with Crippen LogP contribution in [0, 0.1) is 11.8 Å². The van der Waals surface area contributed by atoms with E-state index in [0.717, 1.165) is 44.0 Å². The first-order chi connectivity index (χ1) is 8.98. The van der Waals surface area contributed by atoms with Gasteiger partial charge in [-0.3, -0.25) is 4.79 Å². The Morgan fingerprint density at radius 1 is 1.58 bits per heavy atom. The van der Waals surface area contributed by atoms with Crippen LogP contribution < -0.4 is 5.32 Å². The van der Waals surface area contributed by atoms with Gasteiger partial charge in [0.2, 0.25) is 5.91 Å². The Hall–Kier alpha value is -0.260. The molecule has 2 atom stereocenters. The molecule has 110 valence electrons. The molecule has 2 saturated heterocycles. The number of likely N-dealkylation sites (tertiary alicyclic amines) is 1. The quantitative estimate of drug-likeness (QED) is 0.790. The van der Waals surface area contributed by atoms with Gasteiger partial charge in [0.1, 0.15) is 0 Å². The first-order valence-electron chi connectivity index (χ1n) is 7.29. The Bertz CT molecular complexity index is 317. The Morgan fingerprint density at radius 2 is 2.37 bits per heavy atom. The summed E-state index contributed by atoms with van der Waals surface area (Å²) in [4.78, 5) is 14.5. The maximum atomic E-state index is 12.1. The average molecular weight is 286 g/mol. The van der Waals surface area contributed by atoms with Crippen molar-refractivity contribution in [1.29, 1.82) is 0 Å². The van der Waals surface area contributed by atoms with Crippen LogP contribution in [0.25, 0.3) is 0 Å². The minimum absolute atomic E-state index is 0.108. The van der Waals surface area contributed by atoms with Crippen LogP contribution in [0.4, 0.5) is 0 Å². The molecule has 2 unspecified atom stereocenters. The Morgan fingerprint density at radius 3 is 3.00 bits per heavy atom. The average Bonchev–Trinajstić information content (AvgIpc) is 2.95. The van der Waals surface area contributed by atoms with Crippen molar-refractivity contribution >= 4 is 17.7 Å². The number of hydrogen-bond acceptors (Lipinski definition) is 4. The summed E-state index contributed by atoms with van der Waals surface area (Å²) >= 11 is 1.76. The van der Waals surface area contributed by atoms with Crippen molar-refractivity contribution < 1.29 is 9.90 Å². The number of carbonyl (C=O) groups is 1. The maximum absolute atomic E-state index is 12.1. The summed E-state index contributed by atoms with van der Waals surface area (Å²) in [5.41, 5.74) is -0.670. The zero-order chi connectivity index (χ0) is 13.9. The third-order valence-electron chi connectivity index (χ3n) is 3.94. The summed E-state index contributed by atoms with van der Waals surface area (Å²) in [6, 6.07) is 0. The van der Waals surface area contributed by atoms with Crippen molar-refractivity contribution in [3.8, 4) is 0 Å². The van der Waals surface area contributed by atoms with E-state index in [4.69, 9.17) is 0 Å². The highest BCUT2D eigenvalue weighted by atomic mass is 32.2. The van der Waals surface area contributed by atoms with Gasteiger partial charge in [0.05, 0.1) is 11.5 Å².